The molecule has 1 saturated carbocycles. The van der Waals surface area contributed by atoms with E-state index in [4.69, 9.17) is 5.73 Å². The topological polar surface area (TPSA) is 46.3 Å². The van der Waals surface area contributed by atoms with Crippen LogP contribution in [0, 0.1) is 17.8 Å². The Kier molecular flexibility index (Phi) is 4.66. The van der Waals surface area contributed by atoms with Gasteiger partial charge in [-0.2, -0.15) is 0 Å². The highest BCUT2D eigenvalue weighted by Gasteiger charge is 2.32. The van der Waals surface area contributed by atoms with Crippen LogP contribution in [-0.2, 0) is 4.79 Å². The van der Waals surface area contributed by atoms with E-state index < -0.39 is 0 Å². The zero-order valence-electron chi connectivity index (χ0n) is 11.9. The van der Waals surface area contributed by atoms with Crippen LogP contribution in [0.4, 0.5) is 0 Å². The maximum atomic E-state index is 12.5. The quantitative estimate of drug-likeness (QED) is 0.820. The van der Waals surface area contributed by atoms with Crippen molar-refractivity contribution >= 4 is 5.91 Å². The van der Waals surface area contributed by atoms with Gasteiger partial charge in [0.15, 0.2) is 0 Å². The lowest BCUT2D eigenvalue weighted by atomic mass is 9.81. The van der Waals surface area contributed by atoms with E-state index in [1.54, 1.807) is 0 Å². The molecular weight excluding hydrogens is 224 g/mol. The number of piperidine rings is 1. The molecule has 2 N–H and O–H groups in total. The summed E-state index contributed by atoms with van der Waals surface area (Å²) in [6.07, 6.45) is 6.71. The number of amides is 1. The first-order valence-corrected chi connectivity index (χ1v) is 7.66. The third-order valence-electron chi connectivity index (χ3n) is 4.99. The van der Waals surface area contributed by atoms with Crippen LogP contribution in [0.15, 0.2) is 0 Å². The van der Waals surface area contributed by atoms with Gasteiger partial charge in [-0.1, -0.05) is 20.3 Å². The Hall–Kier alpha value is -0.570. The molecule has 2 unspecified atom stereocenters. The number of rotatable bonds is 2. The van der Waals surface area contributed by atoms with Crippen molar-refractivity contribution in [2.45, 2.75) is 58.4 Å². The van der Waals surface area contributed by atoms with Crippen LogP contribution in [0.5, 0.6) is 0 Å². The average Bonchev–Trinajstić information content (AvgIpc) is 2.39. The predicted molar refractivity (Wildman–Crippen MR) is 74.1 cm³/mol. The van der Waals surface area contributed by atoms with Crippen molar-refractivity contribution in [3.63, 3.8) is 0 Å². The van der Waals surface area contributed by atoms with Crippen molar-refractivity contribution in [1.82, 2.24) is 4.90 Å². The summed E-state index contributed by atoms with van der Waals surface area (Å²) in [5.41, 5.74) is 6.11. The van der Waals surface area contributed by atoms with Gasteiger partial charge in [-0.25, -0.2) is 0 Å². The first kappa shape index (κ1) is 13.9. The van der Waals surface area contributed by atoms with Gasteiger partial charge in [0.2, 0.25) is 5.91 Å². The van der Waals surface area contributed by atoms with E-state index in [1.807, 2.05) is 0 Å². The van der Waals surface area contributed by atoms with Crippen molar-refractivity contribution in [1.29, 1.82) is 0 Å². The van der Waals surface area contributed by atoms with Gasteiger partial charge in [0.05, 0.1) is 0 Å². The van der Waals surface area contributed by atoms with E-state index >= 15 is 0 Å². The van der Waals surface area contributed by atoms with E-state index in [0.29, 0.717) is 23.8 Å². The standard InChI is InChI=1S/C15H28N2O/c1-3-12-10-17(9-8-14(12)16)15(18)13-6-4-11(2)5-7-13/h11-14H,3-10,16H2,1-2H3. The average molecular weight is 252 g/mol. The van der Waals surface area contributed by atoms with Crippen LogP contribution in [0.1, 0.15) is 52.4 Å². The van der Waals surface area contributed by atoms with Gasteiger partial charge in [0.1, 0.15) is 0 Å². The van der Waals surface area contributed by atoms with E-state index in [2.05, 4.69) is 18.7 Å². The minimum Gasteiger partial charge on any atom is -0.342 e. The summed E-state index contributed by atoms with van der Waals surface area (Å²) in [5, 5.41) is 0. The van der Waals surface area contributed by atoms with Gasteiger partial charge < -0.3 is 10.6 Å². The van der Waals surface area contributed by atoms with Crippen molar-refractivity contribution in [2.24, 2.45) is 23.5 Å². The fraction of sp³-hybridized carbons (Fsp3) is 0.933. The molecule has 0 aromatic rings. The van der Waals surface area contributed by atoms with Crippen LogP contribution in [-0.4, -0.2) is 29.9 Å². The van der Waals surface area contributed by atoms with Crippen LogP contribution >= 0.6 is 0 Å². The largest absolute Gasteiger partial charge is 0.342 e. The maximum absolute atomic E-state index is 12.5. The highest BCUT2D eigenvalue weighted by atomic mass is 16.2. The Morgan fingerprint density at radius 3 is 2.50 bits per heavy atom. The minimum absolute atomic E-state index is 0.297. The number of likely N-dealkylation sites (tertiary alicyclic amines) is 1. The molecule has 1 aliphatic carbocycles. The van der Waals surface area contributed by atoms with E-state index in [0.717, 1.165) is 44.7 Å². The van der Waals surface area contributed by atoms with Gasteiger partial charge in [-0.3, -0.25) is 4.79 Å². The first-order valence-electron chi connectivity index (χ1n) is 7.66. The molecule has 2 atom stereocenters. The fourth-order valence-electron chi connectivity index (χ4n) is 3.45. The molecule has 1 aliphatic heterocycles. The Labute approximate surface area is 111 Å². The second-order valence-corrected chi connectivity index (χ2v) is 6.36. The third kappa shape index (κ3) is 3.05. The summed E-state index contributed by atoms with van der Waals surface area (Å²) < 4.78 is 0. The van der Waals surface area contributed by atoms with Crippen LogP contribution < -0.4 is 5.73 Å². The summed E-state index contributed by atoms with van der Waals surface area (Å²) in [6, 6.07) is 0.297. The van der Waals surface area contributed by atoms with Crippen LogP contribution in [0.2, 0.25) is 0 Å². The number of carbonyl (C=O) groups excluding carboxylic acids is 1. The Bertz CT molecular complexity index is 284. The lowest BCUT2D eigenvalue weighted by Gasteiger charge is -2.39. The first-order chi connectivity index (χ1) is 8.61. The van der Waals surface area contributed by atoms with E-state index in [1.165, 1.54) is 12.8 Å². The van der Waals surface area contributed by atoms with Gasteiger partial charge >= 0.3 is 0 Å². The van der Waals surface area contributed by atoms with Gasteiger partial charge in [-0.15, -0.1) is 0 Å². The molecule has 0 bridgehead atoms. The molecule has 3 nitrogen and oxygen atoms in total. The molecule has 1 amide bonds. The van der Waals surface area contributed by atoms with E-state index in [-0.39, 0.29) is 0 Å². The van der Waals surface area contributed by atoms with Gasteiger partial charge in [0, 0.05) is 25.0 Å². The molecule has 1 heterocycles. The Morgan fingerprint density at radius 1 is 1.22 bits per heavy atom. The number of nitrogens with two attached hydrogens (primary N) is 1. The summed E-state index contributed by atoms with van der Waals surface area (Å²) in [6.45, 7) is 6.25. The van der Waals surface area contributed by atoms with Crippen LogP contribution in [0.3, 0.4) is 0 Å². The molecular formula is C15H28N2O. The monoisotopic (exact) mass is 252 g/mol. The SMILES string of the molecule is CCC1CN(C(=O)C2CCC(C)CC2)CCC1N. The Morgan fingerprint density at radius 2 is 1.89 bits per heavy atom. The van der Waals surface area contributed by atoms with Gasteiger partial charge in [0.25, 0.3) is 0 Å². The molecule has 0 aromatic heterocycles. The highest BCUT2D eigenvalue weighted by Crippen LogP contribution is 2.31. The molecule has 3 heteroatoms. The highest BCUT2D eigenvalue weighted by molar-refractivity contribution is 5.79. The summed E-state index contributed by atoms with van der Waals surface area (Å²) in [4.78, 5) is 14.6. The molecule has 1 saturated heterocycles. The number of nitrogens with zero attached hydrogens (tertiary/aromatic N) is 1. The molecule has 0 spiro atoms. The van der Waals surface area contributed by atoms with Crippen molar-refractivity contribution in [3.8, 4) is 0 Å². The van der Waals surface area contributed by atoms with E-state index in [9.17, 15) is 4.79 Å². The number of hydrogen-bond donors (Lipinski definition) is 1. The maximum Gasteiger partial charge on any atom is 0.225 e. The molecule has 104 valence electrons. The molecule has 2 rings (SSSR count). The van der Waals surface area contributed by atoms with Gasteiger partial charge in [-0.05, 0) is 43.9 Å². The zero-order valence-corrected chi connectivity index (χ0v) is 11.9. The molecule has 0 radical (unpaired) electrons. The third-order valence-corrected chi connectivity index (χ3v) is 4.99. The second-order valence-electron chi connectivity index (χ2n) is 6.36. The zero-order chi connectivity index (χ0) is 13.1. The lowest BCUT2D eigenvalue weighted by molar-refractivity contribution is -0.138. The predicted octanol–water partition coefficient (Wildman–Crippen LogP) is 2.40. The van der Waals surface area contributed by atoms with Crippen LogP contribution in [0.25, 0.3) is 0 Å². The molecule has 2 aliphatic rings. The molecule has 18 heavy (non-hydrogen) atoms. The lowest BCUT2D eigenvalue weighted by Crippen LogP contribution is -2.50. The van der Waals surface area contributed by atoms with Crippen molar-refractivity contribution in [2.75, 3.05) is 13.1 Å². The number of hydrogen-bond acceptors (Lipinski definition) is 2. The fourth-order valence-corrected chi connectivity index (χ4v) is 3.45. The molecule has 0 aromatic carbocycles. The number of carbonyl (C=O) groups is 1. The summed E-state index contributed by atoms with van der Waals surface area (Å²) >= 11 is 0. The summed E-state index contributed by atoms with van der Waals surface area (Å²) in [5.74, 6) is 2.03. The van der Waals surface area contributed by atoms with Crippen molar-refractivity contribution in [3.05, 3.63) is 0 Å². The minimum atomic E-state index is 0.297. The van der Waals surface area contributed by atoms with Crippen molar-refractivity contribution < 1.29 is 4.79 Å². The normalized spacial score (nSPS) is 37.6. The smallest absolute Gasteiger partial charge is 0.225 e. The Balaban J connectivity index is 1.89. The summed E-state index contributed by atoms with van der Waals surface area (Å²) in [7, 11) is 0. The molecule has 2 fully saturated rings. The second kappa shape index (κ2) is 6.05.